The Kier molecular flexibility index (Phi) is 5.01. The van der Waals surface area contributed by atoms with E-state index in [1.807, 2.05) is 6.92 Å². The molecule has 2 rings (SSSR count). The predicted molar refractivity (Wildman–Crippen MR) is 85.5 cm³/mol. The van der Waals surface area contributed by atoms with Crippen molar-refractivity contribution in [3.63, 3.8) is 0 Å². The van der Waals surface area contributed by atoms with Crippen LogP contribution in [0.4, 0.5) is 5.69 Å². The van der Waals surface area contributed by atoms with Crippen molar-refractivity contribution in [1.82, 2.24) is 5.32 Å². The number of carbonyl (C=O) groups excluding carboxylic acids is 2. The zero-order chi connectivity index (χ0) is 16.1. The highest BCUT2D eigenvalue weighted by molar-refractivity contribution is 6.31. The van der Waals surface area contributed by atoms with E-state index in [0.29, 0.717) is 22.8 Å². The molecule has 22 heavy (non-hydrogen) atoms. The van der Waals surface area contributed by atoms with Crippen molar-refractivity contribution in [3.8, 4) is 5.75 Å². The number of amides is 2. The highest BCUT2D eigenvalue weighted by Gasteiger charge is 2.13. The predicted octanol–water partition coefficient (Wildman–Crippen LogP) is 3.05. The first kappa shape index (κ1) is 15.9. The third-order valence-electron chi connectivity index (χ3n) is 2.92. The third kappa shape index (κ3) is 3.77. The Labute approximate surface area is 132 Å². The lowest BCUT2D eigenvalue weighted by atomic mass is 10.1. The number of nitrogens with one attached hydrogen (secondary N) is 2. The molecule has 2 aromatic rings. The van der Waals surface area contributed by atoms with Crippen LogP contribution in [0.15, 0.2) is 42.5 Å². The maximum Gasteiger partial charge on any atom is 0.259 e. The molecule has 0 spiro atoms. The second kappa shape index (κ2) is 6.95. The molecule has 0 aromatic heterocycles. The van der Waals surface area contributed by atoms with Crippen LogP contribution in [0, 0.1) is 0 Å². The van der Waals surface area contributed by atoms with Gasteiger partial charge in [-0.15, -0.1) is 0 Å². The molecule has 0 aliphatic heterocycles. The molecule has 5 nitrogen and oxygen atoms in total. The van der Waals surface area contributed by atoms with Gasteiger partial charge in [0.2, 0.25) is 0 Å². The van der Waals surface area contributed by atoms with Crippen molar-refractivity contribution in [2.75, 3.05) is 11.9 Å². The van der Waals surface area contributed by atoms with Crippen LogP contribution in [0.5, 0.6) is 5.75 Å². The third-order valence-corrected chi connectivity index (χ3v) is 3.16. The maximum atomic E-state index is 12.2. The van der Waals surface area contributed by atoms with E-state index < -0.39 is 5.91 Å². The van der Waals surface area contributed by atoms with Crippen molar-refractivity contribution in [2.24, 2.45) is 0 Å². The number of hydrogen-bond acceptors (Lipinski definition) is 3. The summed E-state index contributed by atoms with van der Waals surface area (Å²) in [5.74, 6) is -0.890. The van der Waals surface area contributed by atoms with Gasteiger partial charge in [-0.1, -0.05) is 17.7 Å². The maximum absolute atomic E-state index is 12.2. The molecule has 0 aliphatic rings. The lowest BCUT2D eigenvalue weighted by Crippen LogP contribution is -2.22. The second-order valence-electron chi connectivity index (χ2n) is 4.56. The van der Waals surface area contributed by atoms with E-state index in [1.165, 1.54) is 18.2 Å². The summed E-state index contributed by atoms with van der Waals surface area (Å²) >= 11 is 5.82. The molecular weight excluding hydrogens is 304 g/mol. The summed E-state index contributed by atoms with van der Waals surface area (Å²) in [6, 6.07) is 10.7. The summed E-state index contributed by atoms with van der Waals surface area (Å²) in [5, 5.41) is 15.4. The Balaban J connectivity index is 2.20. The van der Waals surface area contributed by atoms with Crippen LogP contribution in [0.2, 0.25) is 5.02 Å². The smallest absolute Gasteiger partial charge is 0.259 e. The minimum Gasteiger partial charge on any atom is -0.507 e. The quantitative estimate of drug-likeness (QED) is 0.810. The molecule has 0 fully saturated rings. The van der Waals surface area contributed by atoms with E-state index in [0.717, 1.165) is 0 Å². The van der Waals surface area contributed by atoms with Crippen LogP contribution < -0.4 is 10.6 Å². The van der Waals surface area contributed by atoms with Gasteiger partial charge in [0.15, 0.2) is 0 Å². The molecule has 114 valence electrons. The van der Waals surface area contributed by atoms with E-state index in [2.05, 4.69) is 10.6 Å². The van der Waals surface area contributed by atoms with Gasteiger partial charge < -0.3 is 15.7 Å². The first-order valence-corrected chi connectivity index (χ1v) is 7.07. The van der Waals surface area contributed by atoms with Gasteiger partial charge in [-0.3, -0.25) is 9.59 Å². The number of carbonyl (C=O) groups is 2. The molecule has 3 N–H and O–H groups in total. The Bertz CT molecular complexity index is 716. The van der Waals surface area contributed by atoms with E-state index >= 15 is 0 Å². The highest BCUT2D eigenvalue weighted by Crippen LogP contribution is 2.22. The normalized spacial score (nSPS) is 10.1. The van der Waals surface area contributed by atoms with E-state index in [1.54, 1.807) is 24.3 Å². The minimum atomic E-state index is -0.506. The fraction of sp³-hybridized carbons (Fsp3) is 0.125. The summed E-state index contributed by atoms with van der Waals surface area (Å²) in [5.41, 5.74) is 0.957. The first-order valence-electron chi connectivity index (χ1n) is 6.69. The first-order chi connectivity index (χ1) is 10.5. The zero-order valence-corrected chi connectivity index (χ0v) is 12.6. The van der Waals surface area contributed by atoms with Crippen LogP contribution >= 0.6 is 11.6 Å². The van der Waals surface area contributed by atoms with E-state index in [4.69, 9.17) is 11.6 Å². The van der Waals surface area contributed by atoms with Gasteiger partial charge in [-0.25, -0.2) is 0 Å². The monoisotopic (exact) mass is 318 g/mol. The molecule has 0 atom stereocenters. The number of phenolic OH excluding ortho intramolecular Hbond substituents is 1. The van der Waals surface area contributed by atoms with Gasteiger partial charge in [0.05, 0.1) is 5.56 Å². The van der Waals surface area contributed by atoms with Crippen molar-refractivity contribution >= 4 is 29.1 Å². The van der Waals surface area contributed by atoms with Crippen molar-refractivity contribution in [1.29, 1.82) is 0 Å². The molecule has 0 saturated carbocycles. The highest BCUT2D eigenvalue weighted by atomic mass is 35.5. The van der Waals surface area contributed by atoms with Crippen LogP contribution in [-0.2, 0) is 0 Å². The van der Waals surface area contributed by atoms with Gasteiger partial charge >= 0.3 is 0 Å². The zero-order valence-electron chi connectivity index (χ0n) is 11.9. The number of anilines is 1. The summed E-state index contributed by atoms with van der Waals surface area (Å²) in [4.78, 5) is 23.9. The largest absolute Gasteiger partial charge is 0.507 e. The molecule has 2 aromatic carbocycles. The van der Waals surface area contributed by atoms with Crippen molar-refractivity contribution in [2.45, 2.75) is 6.92 Å². The van der Waals surface area contributed by atoms with Crippen molar-refractivity contribution < 1.29 is 14.7 Å². The number of halogens is 1. The molecule has 0 radical (unpaired) electrons. The lowest BCUT2D eigenvalue weighted by molar-refractivity contribution is 0.0954. The van der Waals surface area contributed by atoms with Gasteiger partial charge in [0.1, 0.15) is 5.75 Å². The van der Waals surface area contributed by atoms with Gasteiger partial charge in [-0.2, -0.15) is 0 Å². The Morgan fingerprint density at radius 2 is 1.91 bits per heavy atom. The Hall–Kier alpha value is -2.53. The Morgan fingerprint density at radius 1 is 1.14 bits per heavy atom. The van der Waals surface area contributed by atoms with Gasteiger partial charge in [0.25, 0.3) is 11.8 Å². The molecule has 0 aliphatic carbocycles. The standard InChI is InChI=1S/C16H15ClN2O3/c1-2-18-15(21)10-4-3-5-12(8-10)19-16(22)13-9-11(17)6-7-14(13)20/h3-9,20H,2H2,1H3,(H,18,21)(H,19,22). The number of phenols is 1. The average Bonchev–Trinajstić information content (AvgIpc) is 2.50. The average molecular weight is 319 g/mol. The van der Waals surface area contributed by atoms with Crippen molar-refractivity contribution in [3.05, 3.63) is 58.6 Å². The van der Waals surface area contributed by atoms with Gasteiger partial charge in [-0.05, 0) is 43.3 Å². The van der Waals surface area contributed by atoms with E-state index in [-0.39, 0.29) is 17.2 Å². The fourth-order valence-electron chi connectivity index (χ4n) is 1.89. The van der Waals surface area contributed by atoms with Crippen LogP contribution in [0.3, 0.4) is 0 Å². The van der Waals surface area contributed by atoms with E-state index in [9.17, 15) is 14.7 Å². The lowest BCUT2D eigenvalue weighted by Gasteiger charge is -2.09. The summed E-state index contributed by atoms with van der Waals surface area (Å²) < 4.78 is 0. The molecule has 0 saturated heterocycles. The molecule has 2 amide bonds. The molecule has 0 heterocycles. The minimum absolute atomic E-state index is 0.0657. The SMILES string of the molecule is CCNC(=O)c1cccc(NC(=O)c2cc(Cl)ccc2O)c1. The summed E-state index contributed by atoms with van der Waals surface area (Å²) in [6.07, 6.45) is 0. The second-order valence-corrected chi connectivity index (χ2v) is 4.99. The van der Waals surface area contributed by atoms with Crippen LogP contribution in [0.25, 0.3) is 0 Å². The molecular formula is C16H15ClN2O3. The number of aromatic hydroxyl groups is 1. The molecule has 6 heteroatoms. The number of rotatable bonds is 4. The summed E-state index contributed by atoms with van der Waals surface area (Å²) in [7, 11) is 0. The Morgan fingerprint density at radius 3 is 2.64 bits per heavy atom. The van der Waals surface area contributed by atoms with Crippen LogP contribution in [0.1, 0.15) is 27.6 Å². The van der Waals surface area contributed by atoms with Crippen LogP contribution in [-0.4, -0.2) is 23.5 Å². The number of hydrogen-bond donors (Lipinski definition) is 3. The van der Waals surface area contributed by atoms with Gasteiger partial charge in [0, 0.05) is 22.8 Å². The fourth-order valence-corrected chi connectivity index (χ4v) is 2.06. The topological polar surface area (TPSA) is 78.4 Å². The number of benzene rings is 2. The summed E-state index contributed by atoms with van der Waals surface area (Å²) in [6.45, 7) is 2.34. The molecule has 0 bridgehead atoms. The molecule has 0 unspecified atom stereocenters.